The number of rotatable bonds is 6. The summed E-state index contributed by atoms with van der Waals surface area (Å²) in [6.07, 6.45) is 9.63. The van der Waals surface area contributed by atoms with Crippen molar-refractivity contribution in [3.8, 4) is 0 Å². The second-order valence-corrected chi connectivity index (χ2v) is 10.4. The van der Waals surface area contributed by atoms with E-state index in [1.807, 2.05) is 20.8 Å². The maximum absolute atomic E-state index is 12.1. The van der Waals surface area contributed by atoms with Gasteiger partial charge < -0.3 is 15.0 Å². The van der Waals surface area contributed by atoms with Crippen LogP contribution in [0.2, 0.25) is 0 Å². The lowest BCUT2D eigenvalue weighted by atomic mass is 9.84. The van der Waals surface area contributed by atoms with Crippen LogP contribution in [-0.2, 0) is 4.74 Å². The van der Waals surface area contributed by atoms with Crippen molar-refractivity contribution in [3.63, 3.8) is 0 Å². The van der Waals surface area contributed by atoms with Gasteiger partial charge in [0, 0.05) is 36.9 Å². The van der Waals surface area contributed by atoms with Gasteiger partial charge in [-0.1, -0.05) is 6.92 Å². The fourth-order valence-electron chi connectivity index (χ4n) is 5.25. The first kappa shape index (κ1) is 24.6. The molecule has 2 N–H and O–H groups in total. The maximum atomic E-state index is 12.1. The van der Waals surface area contributed by atoms with E-state index in [1.165, 1.54) is 6.07 Å². The standard InChI is InChI=1S/C24H40N4O4/c1-5-27(19-12-8-18(9-13-19)25-23(31)32-24(2,3)4)16-17-6-10-20(11-7-17)28-15-14-21(29)26-22(28)30/h14-15,17-20H,5-13,16H2,1-4H3,(H,25,31)(H,26,29,30). The van der Waals surface area contributed by atoms with Crippen LogP contribution in [0, 0.1) is 5.92 Å². The second-order valence-electron chi connectivity index (χ2n) is 10.4. The highest BCUT2D eigenvalue weighted by molar-refractivity contribution is 5.68. The summed E-state index contributed by atoms with van der Waals surface area (Å²) >= 11 is 0. The van der Waals surface area contributed by atoms with Crippen LogP contribution >= 0.6 is 0 Å². The van der Waals surface area contributed by atoms with Crippen LogP contribution in [0.15, 0.2) is 21.9 Å². The zero-order chi connectivity index (χ0) is 23.3. The highest BCUT2D eigenvalue weighted by Crippen LogP contribution is 2.33. The molecule has 0 saturated heterocycles. The molecule has 2 saturated carbocycles. The van der Waals surface area contributed by atoms with E-state index in [0.717, 1.165) is 64.5 Å². The Morgan fingerprint density at radius 1 is 1.12 bits per heavy atom. The number of aromatic nitrogens is 2. The van der Waals surface area contributed by atoms with Gasteiger partial charge in [0.05, 0.1) is 0 Å². The topological polar surface area (TPSA) is 96.4 Å². The second kappa shape index (κ2) is 10.7. The van der Waals surface area contributed by atoms with E-state index in [9.17, 15) is 14.4 Å². The van der Waals surface area contributed by atoms with Crippen molar-refractivity contribution in [1.82, 2.24) is 19.8 Å². The third-order valence-corrected chi connectivity index (χ3v) is 6.89. The number of ether oxygens (including phenoxy) is 1. The van der Waals surface area contributed by atoms with Gasteiger partial charge in [-0.25, -0.2) is 9.59 Å². The monoisotopic (exact) mass is 448 g/mol. The van der Waals surface area contributed by atoms with Crippen molar-refractivity contribution in [2.45, 2.75) is 103 Å². The Morgan fingerprint density at radius 3 is 2.34 bits per heavy atom. The summed E-state index contributed by atoms with van der Waals surface area (Å²) in [7, 11) is 0. The fraction of sp³-hybridized carbons (Fsp3) is 0.792. The molecule has 2 aliphatic carbocycles. The minimum atomic E-state index is -0.467. The van der Waals surface area contributed by atoms with Gasteiger partial charge in [0.2, 0.25) is 0 Å². The SMILES string of the molecule is CCN(CC1CCC(n2ccc(=O)[nH]c2=O)CC1)C1CCC(NC(=O)OC(C)(C)C)CC1. The number of amides is 1. The highest BCUT2D eigenvalue weighted by Gasteiger charge is 2.30. The molecular weight excluding hydrogens is 408 g/mol. The zero-order valence-electron chi connectivity index (χ0n) is 20.1. The molecule has 32 heavy (non-hydrogen) atoms. The van der Waals surface area contributed by atoms with Gasteiger partial charge in [-0.2, -0.15) is 0 Å². The summed E-state index contributed by atoms with van der Waals surface area (Å²) in [5.74, 6) is 0.641. The molecule has 0 aliphatic heterocycles. The Morgan fingerprint density at radius 2 is 1.78 bits per heavy atom. The van der Waals surface area contributed by atoms with Crippen molar-refractivity contribution in [2.24, 2.45) is 5.92 Å². The molecule has 8 nitrogen and oxygen atoms in total. The number of aromatic amines is 1. The summed E-state index contributed by atoms with van der Waals surface area (Å²) in [4.78, 5) is 40.4. The third kappa shape index (κ3) is 6.95. The average molecular weight is 449 g/mol. The first-order valence-corrected chi connectivity index (χ1v) is 12.2. The van der Waals surface area contributed by atoms with Crippen LogP contribution in [0.4, 0.5) is 4.79 Å². The molecule has 0 spiro atoms. The smallest absolute Gasteiger partial charge is 0.407 e. The summed E-state index contributed by atoms with van der Waals surface area (Å²) in [6.45, 7) is 10.0. The van der Waals surface area contributed by atoms with E-state index in [1.54, 1.807) is 10.8 Å². The molecule has 0 atom stereocenters. The first-order chi connectivity index (χ1) is 15.1. The Labute approximate surface area is 190 Å². The molecule has 1 amide bonds. The van der Waals surface area contributed by atoms with Crippen LogP contribution < -0.4 is 16.6 Å². The minimum absolute atomic E-state index is 0.181. The van der Waals surface area contributed by atoms with Gasteiger partial charge in [-0.05, 0) is 84.6 Å². The van der Waals surface area contributed by atoms with Gasteiger partial charge >= 0.3 is 11.8 Å². The van der Waals surface area contributed by atoms with Gasteiger partial charge in [0.1, 0.15) is 5.60 Å². The van der Waals surface area contributed by atoms with E-state index in [2.05, 4.69) is 22.1 Å². The number of hydrogen-bond acceptors (Lipinski definition) is 5. The van der Waals surface area contributed by atoms with Gasteiger partial charge in [0.15, 0.2) is 0 Å². The summed E-state index contributed by atoms with van der Waals surface area (Å²) in [5, 5.41) is 3.03. The zero-order valence-corrected chi connectivity index (χ0v) is 20.1. The number of nitrogens with one attached hydrogen (secondary N) is 2. The van der Waals surface area contributed by atoms with E-state index >= 15 is 0 Å². The summed E-state index contributed by atoms with van der Waals surface area (Å²) in [5.41, 5.74) is -1.10. The molecular formula is C24H40N4O4. The van der Waals surface area contributed by atoms with Gasteiger partial charge in [-0.3, -0.25) is 14.3 Å². The van der Waals surface area contributed by atoms with Crippen LogP contribution in [0.5, 0.6) is 0 Å². The van der Waals surface area contributed by atoms with Crippen LogP contribution in [0.1, 0.15) is 85.1 Å². The van der Waals surface area contributed by atoms with Crippen molar-refractivity contribution in [3.05, 3.63) is 33.1 Å². The Bertz CT molecular complexity index is 856. The van der Waals surface area contributed by atoms with E-state index in [4.69, 9.17) is 4.74 Å². The van der Waals surface area contributed by atoms with Crippen molar-refractivity contribution in [1.29, 1.82) is 0 Å². The van der Waals surface area contributed by atoms with E-state index in [0.29, 0.717) is 12.0 Å². The molecule has 3 rings (SSSR count). The number of hydrogen-bond donors (Lipinski definition) is 2. The van der Waals surface area contributed by atoms with Crippen molar-refractivity contribution >= 4 is 6.09 Å². The van der Waals surface area contributed by atoms with Crippen molar-refractivity contribution < 1.29 is 9.53 Å². The van der Waals surface area contributed by atoms with Gasteiger partial charge in [-0.15, -0.1) is 0 Å². The maximum Gasteiger partial charge on any atom is 0.407 e. The molecule has 180 valence electrons. The average Bonchev–Trinajstić information content (AvgIpc) is 2.72. The molecule has 8 heteroatoms. The summed E-state index contributed by atoms with van der Waals surface area (Å²) in [6, 6.07) is 2.38. The highest BCUT2D eigenvalue weighted by atomic mass is 16.6. The molecule has 2 aliphatic rings. The molecule has 1 aromatic rings. The molecule has 0 unspecified atom stereocenters. The summed E-state index contributed by atoms with van der Waals surface area (Å²) < 4.78 is 7.08. The van der Waals surface area contributed by atoms with Crippen LogP contribution in [-0.4, -0.2) is 51.3 Å². The van der Waals surface area contributed by atoms with E-state index < -0.39 is 5.60 Å². The normalized spacial score (nSPS) is 26.7. The van der Waals surface area contributed by atoms with E-state index in [-0.39, 0.29) is 29.4 Å². The Hall–Kier alpha value is -2.09. The predicted molar refractivity (Wildman–Crippen MR) is 125 cm³/mol. The quantitative estimate of drug-likeness (QED) is 0.695. The van der Waals surface area contributed by atoms with Crippen LogP contribution in [0.25, 0.3) is 0 Å². The molecule has 1 aromatic heterocycles. The van der Waals surface area contributed by atoms with Crippen molar-refractivity contribution in [2.75, 3.05) is 13.1 Å². The molecule has 1 heterocycles. The molecule has 0 radical (unpaired) electrons. The number of H-pyrrole nitrogens is 1. The van der Waals surface area contributed by atoms with Crippen LogP contribution in [0.3, 0.4) is 0 Å². The largest absolute Gasteiger partial charge is 0.444 e. The molecule has 0 bridgehead atoms. The Balaban J connectivity index is 1.44. The third-order valence-electron chi connectivity index (χ3n) is 6.89. The number of carbonyl (C=O) groups is 1. The minimum Gasteiger partial charge on any atom is -0.444 e. The Kier molecular flexibility index (Phi) is 8.20. The lowest BCUT2D eigenvalue weighted by molar-refractivity contribution is 0.0471. The first-order valence-electron chi connectivity index (χ1n) is 12.2. The lowest BCUT2D eigenvalue weighted by Gasteiger charge is -2.39. The molecule has 0 aromatic carbocycles. The number of alkyl carbamates (subject to hydrolysis) is 1. The number of carbonyl (C=O) groups excluding carboxylic acids is 1. The lowest BCUT2D eigenvalue weighted by Crippen LogP contribution is -2.46. The number of nitrogens with zero attached hydrogens (tertiary/aromatic N) is 2. The fourth-order valence-corrected chi connectivity index (χ4v) is 5.25. The predicted octanol–water partition coefficient (Wildman–Crippen LogP) is 3.43. The molecule has 2 fully saturated rings. The van der Waals surface area contributed by atoms with Gasteiger partial charge in [0.25, 0.3) is 5.56 Å².